The Morgan fingerprint density at radius 3 is 2.40 bits per heavy atom. The van der Waals surface area contributed by atoms with Crippen molar-refractivity contribution in [3.05, 3.63) is 53.6 Å². The van der Waals surface area contributed by atoms with E-state index in [2.05, 4.69) is 5.32 Å². The SMILES string of the molecule is COc1cccc(CN(C(=S)Nc2ccccc2C(F)(F)F)C2CCCC2)c1OC. The van der Waals surface area contributed by atoms with Crippen molar-refractivity contribution in [3.63, 3.8) is 0 Å². The van der Waals surface area contributed by atoms with E-state index in [0.29, 0.717) is 18.0 Å². The van der Waals surface area contributed by atoms with Crippen molar-refractivity contribution >= 4 is 23.0 Å². The smallest absolute Gasteiger partial charge is 0.418 e. The number of thiocarbonyl (C=S) groups is 1. The highest BCUT2D eigenvalue weighted by Gasteiger charge is 2.34. The molecule has 30 heavy (non-hydrogen) atoms. The van der Waals surface area contributed by atoms with Crippen molar-refractivity contribution in [2.75, 3.05) is 19.5 Å². The Bertz CT molecular complexity index is 883. The minimum Gasteiger partial charge on any atom is -0.493 e. The first kappa shape index (κ1) is 22.2. The molecule has 8 heteroatoms. The Labute approximate surface area is 180 Å². The van der Waals surface area contributed by atoms with E-state index in [1.165, 1.54) is 12.1 Å². The van der Waals surface area contributed by atoms with E-state index in [4.69, 9.17) is 21.7 Å². The molecule has 0 saturated heterocycles. The Hall–Kier alpha value is -2.48. The number of nitrogens with one attached hydrogen (secondary N) is 1. The number of methoxy groups -OCH3 is 2. The minimum atomic E-state index is -4.46. The number of hydrogen-bond donors (Lipinski definition) is 1. The summed E-state index contributed by atoms with van der Waals surface area (Å²) < 4.78 is 51.1. The van der Waals surface area contributed by atoms with Crippen molar-refractivity contribution in [2.24, 2.45) is 0 Å². The van der Waals surface area contributed by atoms with Crippen LogP contribution in [0.5, 0.6) is 11.5 Å². The molecule has 162 valence electrons. The number of halogens is 3. The standard InChI is InChI=1S/C22H25F3N2O2S/c1-28-19-13-7-8-15(20(19)29-2)14-27(16-9-3-4-10-16)21(30)26-18-12-6-5-11-17(18)22(23,24)25/h5-8,11-13,16H,3-4,9-10,14H2,1-2H3,(H,26,30). The van der Waals surface area contributed by atoms with Gasteiger partial charge in [-0.2, -0.15) is 13.2 Å². The molecule has 3 rings (SSSR count). The average molecular weight is 439 g/mol. The van der Waals surface area contributed by atoms with Crippen molar-refractivity contribution < 1.29 is 22.6 Å². The lowest BCUT2D eigenvalue weighted by Crippen LogP contribution is -2.41. The van der Waals surface area contributed by atoms with Crippen LogP contribution in [0.15, 0.2) is 42.5 Å². The van der Waals surface area contributed by atoms with E-state index in [1.54, 1.807) is 26.4 Å². The van der Waals surface area contributed by atoms with Gasteiger partial charge in [-0.05, 0) is 43.3 Å². The molecule has 0 amide bonds. The Kier molecular flexibility index (Phi) is 7.07. The highest BCUT2D eigenvalue weighted by molar-refractivity contribution is 7.80. The van der Waals surface area contributed by atoms with Crippen molar-refractivity contribution in [2.45, 2.75) is 44.4 Å². The van der Waals surface area contributed by atoms with Gasteiger partial charge in [0.1, 0.15) is 0 Å². The summed E-state index contributed by atoms with van der Waals surface area (Å²) in [5, 5.41) is 3.11. The molecule has 1 fully saturated rings. The molecule has 1 saturated carbocycles. The lowest BCUT2D eigenvalue weighted by Gasteiger charge is -2.33. The number of nitrogens with zero attached hydrogens (tertiary/aromatic N) is 1. The fourth-order valence-corrected chi connectivity index (χ4v) is 4.19. The third kappa shape index (κ3) is 4.98. The summed E-state index contributed by atoms with van der Waals surface area (Å²) in [5.41, 5.74) is 0.0743. The van der Waals surface area contributed by atoms with Crippen molar-refractivity contribution in [3.8, 4) is 11.5 Å². The zero-order chi connectivity index (χ0) is 21.7. The van der Waals surface area contributed by atoms with Crippen LogP contribution in [-0.2, 0) is 12.7 Å². The van der Waals surface area contributed by atoms with Crippen LogP contribution in [-0.4, -0.2) is 30.3 Å². The number of benzene rings is 2. The molecule has 1 aliphatic carbocycles. The van der Waals surface area contributed by atoms with Gasteiger partial charge in [0.25, 0.3) is 0 Å². The van der Waals surface area contributed by atoms with E-state index in [0.717, 1.165) is 37.3 Å². The zero-order valence-corrected chi connectivity index (χ0v) is 17.8. The first-order valence-corrected chi connectivity index (χ1v) is 10.2. The predicted octanol–water partition coefficient (Wildman–Crippen LogP) is 5.86. The van der Waals surface area contributed by atoms with Crippen LogP contribution in [0, 0.1) is 0 Å². The maximum atomic E-state index is 13.4. The quantitative estimate of drug-likeness (QED) is 0.571. The van der Waals surface area contributed by atoms with Gasteiger partial charge in [-0.25, -0.2) is 0 Å². The second-order valence-corrected chi connectivity index (χ2v) is 7.58. The van der Waals surface area contributed by atoms with Crippen LogP contribution < -0.4 is 14.8 Å². The summed E-state index contributed by atoms with van der Waals surface area (Å²) in [6.45, 7) is 0.408. The maximum Gasteiger partial charge on any atom is 0.418 e. The molecule has 0 unspecified atom stereocenters. The molecule has 0 radical (unpaired) electrons. The molecule has 0 atom stereocenters. The van der Waals surface area contributed by atoms with Gasteiger partial charge in [0.05, 0.1) is 25.5 Å². The van der Waals surface area contributed by atoms with Gasteiger partial charge in [-0.15, -0.1) is 0 Å². The highest BCUT2D eigenvalue weighted by Crippen LogP contribution is 2.36. The van der Waals surface area contributed by atoms with Gasteiger partial charge >= 0.3 is 6.18 Å². The normalized spacial score (nSPS) is 14.4. The fraction of sp³-hybridized carbons (Fsp3) is 0.409. The van der Waals surface area contributed by atoms with Crippen LogP contribution in [0.3, 0.4) is 0 Å². The van der Waals surface area contributed by atoms with Gasteiger partial charge in [-0.3, -0.25) is 0 Å². The van der Waals surface area contributed by atoms with E-state index in [1.807, 2.05) is 17.0 Å². The van der Waals surface area contributed by atoms with Gasteiger partial charge in [0.15, 0.2) is 16.6 Å². The van der Waals surface area contributed by atoms with E-state index in [-0.39, 0.29) is 16.8 Å². The summed E-state index contributed by atoms with van der Waals surface area (Å²) in [7, 11) is 3.13. The van der Waals surface area contributed by atoms with Crippen LogP contribution in [0.4, 0.5) is 18.9 Å². The molecule has 2 aromatic carbocycles. The zero-order valence-electron chi connectivity index (χ0n) is 17.0. The summed E-state index contributed by atoms with van der Waals surface area (Å²) in [4.78, 5) is 1.97. The molecular formula is C22H25F3N2O2S. The second kappa shape index (κ2) is 9.55. The third-order valence-corrected chi connectivity index (χ3v) is 5.66. The molecule has 1 N–H and O–H groups in total. The summed E-state index contributed by atoms with van der Waals surface area (Å²) in [5.74, 6) is 1.20. The molecule has 0 aromatic heterocycles. The molecule has 4 nitrogen and oxygen atoms in total. The number of para-hydroxylation sites is 2. The molecular weight excluding hydrogens is 413 g/mol. The average Bonchev–Trinajstić information content (AvgIpc) is 3.25. The topological polar surface area (TPSA) is 33.7 Å². The van der Waals surface area contributed by atoms with Crippen molar-refractivity contribution in [1.29, 1.82) is 0 Å². The maximum absolute atomic E-state index is 13.4. The first-order valence-electron chi connectivity index (χ1n) is 9.79. The van der Waals surface area contributed by atoms with Gasteiger partial charge < -0.3 is 19.7 Å². The van der Waals surface area contributed by atoms with Crippen LogP contribution in [0.25, 0.3) is 0 Å². The number of anilines is 1. The van der Waals surface area contributed by atoms with Crippen LogP contribution in [0.2, 0.25) is 0 Å². The molecule has 2 aromatic rings. The minimum absolute atomic E-state index is 0.0457. The molecule has 0 spiro atoms. The molecule has 0 bridgehead atoms. The number of hydrogen-bond acceptors (Lipinski definition) is 3. The summed E-state index contributed by atoms with van der Waals surface area (Å²) in [6, 6.07) is 11.1. The van der Waals surface area contributed by atoms with Gasteiger partial charge in [0, 0.05) is 18.2 Å². The Morgan fingerprint density at radius 2 is 1.77 bits per heavy atom. The van der Waals surface area contributed by atoms with E-state index >= 15 is 0 Å². The highest BCUT2D eigenvalue weighted by atomic mass is 32.1. The largest absolute Gasteiger partial charge is 0.493 e. The number of alkyl halides is 3. The van der Waals surface area contributed by atoms with E-state index < -0.39 is 11.7 Å². The van der Waals surface area contributed by atoms with Crippen molar-refractivity contribution in [1.82, 2.24) is 4.90 Å². The summed E-state index contributed by atoms with van der Waals surface area (Å²) >= 11 is 5.59. The molecule has 0 aliphatic heterocycles. The fourth-order valence-electron chi connectivity index (χ4n) is 3.87. The summed E-state index contributed by atoms with van der Waals surface area (Å²) in [6.07, 6.45) is -0.451. The van der Waals surface area contributed by atoms with Gasteiger partial charge in [0.2, 0.25) is 0 Å². The van der Waals surface area contributed by atoms with Crippen LogP contribution >= 0.6 is 12.2 Å². The van der Waals surface area contributed by atoms with Crippen LogP contribution in [0.1, 0.15) is 36.8 Å². The van der Waals surface area contributed by atoms with E-state index in [9.17, 15) is 13.2 Å². The Morgan fingerprint density at radius 1 is 1.07 bits per heavy atom. The lowest BCUT2D eigenvalue weighted by molar-refractivity contribution is -0.136. The third-order valence-electron chi connectivity index (χ3n) is 5.33. The number of ether oxygens (including phenoxy) is 2. The second-order valence-electron chi connectivity index (χ2n) is 7.19. The lowest BCUT2D eigenvalue weighted by atomic mass is 10.1. The number of rotatable bonds is 6. The first-order chi connectivity index (χ1) is 14.3. The Balaban J connectivity index is 1.90. The predicted molar refractivity (Wildman–Crippen MR) is 115 cm³/mol. The molecule has 0 heterocycles. The van der Waals surface area contributed by atoms with Gasteiger partial charge in [-0.1, -0.05) is 37.1 Å². The monoisotopic (exact) mass is 438 g/mol. The molecule has 1 aliphatic rings.